The van der Waals surface area contributed by atoms with Crippen molar-refractivity contribution in [2.75, 3.05) is 0 Å². The molecule has 8 heteroatoms. The summed E-state index contributed by atoms with van der Waals surface area (Å²) < 4.78 is 9.18. The van der Waals surface area contributed by atoms with E-state index in [9.17, 15) is 0 Å². The third-order valence-corrected chi connectivity index (χ3v) is 3.63. The number of imidazole rings is 2. The van der Waals surface area contributed by atoms with Crippen molar-refractivity contribution in [3.63, 3.8) is 0 Å². The van der Waals surface area contributed by atoms with Gasteiger partial charge in [0.1, 0.15) is 5.69 Å². The van der Waals surface area contributed by atoms with Gasteiger partial charge in [0.25, 0.3) is 5.89 Å². The van der Waals surface area contributed by atoms with Gasteiger partial charge in [0, 0.05) is 24.2 Å². The molecule has 110 valence electrons. The summed E-state index contributed by atoms with van der Waals surface area (Å²) in [5, 5.41) is 4.06. The lowest BCUT2D eigenvalue weighted by molar-refractivity contribution is 0.432. The molecule has 0 atom stereocenters. The second kappa shape index (κ2) is 4.47. The van der Waals surface area contributed by atoms with E-state index in [0.29, 0.717) is 11.7 Å². The van der Waals surface area contributed by atoms with E-state index in [1.165, 1.54) is 0 Å². The fraction of sp³-hybridized carbons (Fsp3) is 0. The van der Waals surface area contributed by atoms with Crippen LogP contribution in [0.3, 0.4) is 0 Å². The zero-order valence-corrected chi connectivity index (χ0v) is 11.7. The molecule has 5 aromatic rings. The van der Waals surface area contributed by atoms with Gasteiger partial charge in [0.15, 0.2) is 5.65 Å². The summed E-state index contributed by atoms with van der Waals surface area (Å²) in [7, 11) is 0. The highest BCUT2D eigenvalue weighted by atomic mass is 16.5. The van der Waals surface area contributed by atoms with Crippen molar-refractivity contribution < 1.29 is 4.52 Å². The molecule has 0 aromatic carbocycles. The van der Waals surface area contributed by atoms with Crippen LogP contribution in [0.1, 0.15) is 0 Å². The first kappa shape index (κ1) is 12.0. The van der Waals surface area contributed by atoms with Crippen molar-refractivity contribution in [2.24, 2.45) is 0 Å². The molecule has 0 amide bonds. The molecule has 0 aliphatic rings. The highest BCUT2D eigenvalue weighted by Crippen LogP contribution is 2.23. The predicted octanol–water partition coefficient (Wildman–Crippen LogP) is 2.09. The Balaban J connectivity index is 1.62. The van der Waals surface area contributed by atoms with E-state index < -0.39 is 0 Å². The molecule has 0 N–H and O–H groups in total. The van der Waals surface area contributed by atoms with Gasteiger partial charge in [0.2, 0.25) is 5.82 Å². The van der Waals surface area contributed by atoms with Crippen molar-refractivity contribution >= 4 is 11.2 Å². The summed E-state index contributed by atoms with van der Waals surface area (Å²) in [6.45, 7) is 0. The molecule has 0 aliphatic heterocycles. The Morgan fingerprint density at radius 2 is 2.04 bits per heavy atom. The molecule has 0 aliphatic carbocycles. The van der Waals surface area contributed by atoms with Gasteiger partial charge in [0.05, 0.1) is 30.4 Å². The van der Waals surface area contributed by atoms with Crippen LogP contribution in [0.15, 0.2) is 60.2 Å². The second-order valence-corrected chi connectivity index (χ2v) is 5.01. The predicted molar refractivity (Wildman–Crippen MR) is 80.5 cm³/mol. The van der Waals surface area contributed by atoms with E-state index >= 15 is 0 Å². The van der Waals surface area contributed by atoms with Crippen molar-refractivity contribution in [1.29, 1.82) is 0 Å². The Kier molecular flexibility index (Phi) is 2.34. The Bertz CT molecular complexity index is 1140. The maximum Gasteiger partial charge on any atom is 0.258 e. The summed E-state index contributed by atoms with van der Waals surface area (Å²) in [5.41, 5.74) is 3.28. The highest BCUT2D eigenvalue weighted by Gasteiger charge is 2.14. The lowest BCUT2D eigenvalue weighted by Gasteiger charge is -1.96. The van der Waals surface area contributed by atoms with Crippen LogP contribution >= 0.6 is 0 Å². The number of aromatic nitrogens is 7. The van der Waals surface area contributed by atoms with Crippen LogP contribution in [0.25, 0.3) is 34.1 Å². The SMILES string of the molecule is c1cn2c(-c3noc(-c4ccn5cncc5c4)n3)cnc2cn1. The minimum Gasteiger partial charge on any atom is -0.334 e. The van der Waals surface area contributed by atoms with Gasteiger partial charge in [-0.15, -0.1) is 0 Å². The van der Waals surface area contributed by atoms with E-state index in [1.54, 1.807) is 31.1 Å². The molecule has 0 radical (unpaired) electrons. The van der Waals surface area contributed by atoms with Crippen LogP contribution in [0.5, 0.6) is 0 Å². The van der Waals surface area contributed by atoms with Crippen LogP contribution in [-0.2, 0) is 0 Å². The molecule has 0 unspecified atom stereocenters. The number of hydrogen-bond acceptors (Lipinski definition) is 6. The van der Waals surface area contributed by atoms with Crippen molar-refractivity contribution in [3.8, 4) is 23.0 Å². The first-order valence-corrected chi connectivity index (χ1v) is 6.92. The number of nitrogens with zero attached hydrogens (tertiary/aromatic N) is 7. The second-order valence-electron chi connectivity index (χ2n) is 5.01. The van der Waals surface area contributed by atoms with E-state index in [1.807, 2.05) is 33.3 Å². The van der Waals surface area contributed by atoms with Crippen LogP contribution in [-0.4, -0.2) is 33.9 Å². The highest BCUT2D eigenvalue weighted by molar-refractivity contribution is 5.64. The van der Waals surface area contributed by atoms with Crippen LogP contribution in [0, 0.1) is 0 Å². The normalized spacial score (nSPS) is 11.5. The number of rotatable bonds is 2. The minimum atomic E-state index is 0.452. The summed E-state index contributed by atoms with van der Waals surface area (Å²) in [4.78, 5) is 16.9. The quantitative estimate of drug-likeness (QED) is 0.496. The smallest absolute Gasteiger partial charge is 0.258 e. The summed E-state index contributed by atoms with van der Waals surface area (Å²) in [6.07, 6.45) is 12.3. The van der Waals surface area contributed by atoms with Gasteiger partial charge in [-0.05, 0) is 12.1 Å². The molecule has 0 saturated heterocycles. The van der Waals surface area contributed by atoms with Gasteiger partial charge >= 0.3 is 0 Å². The third kappa shape index (κ3) is 1.81. The molecule has 5 rings (SSSR count). The topological polar surface area (TPSA) is 86.4 Å². The molecule has 8 nitrogen and oxygen atoms in total. The first-order chi connectivity index (χ1) is 11.4. The third-order valence-electron chi connectivity index (χ3n) is 3.63. The zero-order chi connectivity index (χ0) is 15.2. The monoisotopic (exact) mass is 303 g/mol. The molecule has 23 heavy (non-hydrogen) atoms. The van der Waals surface area contributed by atoms with E-state index in [4.69, 9.17) is 4.52 Å². The van der Waals surface area contributed by atoms with Gasteiger partial charge in [-0.1, -0.05) is 5.16 Å². The molecule has 0 saturated carbocycles. The maximum atomic E-state index is 5.40. The molecule has 5 heterocycles. The van der Waals surface area contributed by atoms with E-state index in [-0.39, 0.29) is 0 Å². The fourth-order valence-electron chi connectivity index (χ4n) is 2.50. The summed E-state index contributed by atoms with van der Waals surface area (Å²) in [5.74, 6) is 0.930. The average Bonchev–Trinajstić information content (AvgIpc) is 3.32. The molecule has 0 bridgehead atoms. The number of hydrogen-bond donors (Lipinski definition) is 0. The fourth-order valence-corrected chi connectivity index (χ4v) is 2.50. The van der Waals surface area contributed by atoms with Crippen molar-refractivity contribution in [3.05, 3.63) is 55.6 Å². The summed E-state index contributed by atoms with van der Waals surface area (Å²) in [6, 6.07) is 3.85. The van der Waals surface area contributed by atoms with E-state index in [0.717, 1.165) is 22.4 Å². The van der Waals surface area contributed by atoms with Gasteiger partial charge < -0.3 is 8.92 Å². The van der Waals surface area contributed by atoms with Crippen molar-refractivity contribution in [1.82, 2.24) is 33.9 Å². The zero-order valence-electron chi connectivity index (χ0n) is 11.7. The van der Waals surface area contributed by atoms with Crippen molar-refractivity contribution in [2.45, 2.75) is 0 Å². The minimum absolute atomic E-state index is 0.452. The first-order valence-electron chi connectivity index (χ1n) is 6.92. The van der Waals surface area contributed by atoms with Crippen LogP contribution in [0.4, 0.5) is 0 Å². The van der Waals surface area contributed by atoms with Crippen LogP contribution in [0.2, 0.25) is 0 Å². The molecule has 0 spiro atoms. The largest absolute Gasteiger partial charge is 0.334 e. The standard InChI is InChI=1S/C15H9N7O/c1-3-21-9-17-6-11(21)5-10(1)15-19-14(20-23-15)12-7-18-13-8-16-2-4-22(12)13/h1-9H. The van der Waals surface area contributed by atoms with Gasteiger partial charge in [-0.25, -0.2) is 9.97 Å². The van der Waals surface area contributed by atoms with Gasteiger partial charge in [-0.2, -0.15) is 4.98 Å². The Hall–Kier alpha value is -3.55. The molecule has 0 fully saturated rings. The Morgan fingerprint density at radius 3 is 3.04 bits per heavy atom. The average molecular weight is 303 g/mol. The Labute approximate surface area is 129 Å². The lowest BCUT2D eigenvalue weighted by atomic mass is 10.2. The maximum absolute atomic E-state index is 5.40. The number of pyridine rings is 1. The van der Waals surface area contributed by atoms with E-state index in [2.05, 4.69) is 25.1 Å². The Morgan fingerprint density at radius 1 is 1.04 bits per heavy atom. The van der Waals surface area contributed by atoms with Gasteiger partial charge in [-0.3, -0.25) is 9.38 Å². The van der Waals surface area contributed by atoms with Crippen LogP contribution < -0.4 is 0 Å². The summed E-state index contributed by atoms with van der Waals surface area (Å²) >= 11 is 0. The molecule has 5 aromatic heterocycles. The lowest BCUT2D eigenvalue weighted by Crippen LogP contribution is -1.90. The molecular weight excluding hydrogens is 294 g/mol. The number of fused-ring (bicyclic) bond motifs is 2. The molecular formula is C15H9N7O.